The number of amides is 1. The number of aliphatic carboxylic acids is 2. The quantitative estimate of drug-likeness (QED) is 0.649. The van der Waals surface area contributed by atoms with Gasteiger partial charge in [-0.25, -0.2) is 9.59 Å². The minimum absolute atomic E-state index is 0.149. The van der Waals surface area contributed by atoms with Crippen molar-refractivity contribution in [1.29, 1.82) is 0 Å². The molecule has 32 heavy (non-hydrogen) atoms. The number of hydrogen-bond acceptors (Lipinski definition) is 5. The Hall–Kier alpha value is -2.87. The van der Waals surface area contributed by atoms with Gasteiger partial charge in [0.15, 0.2) is 0 Å². The summed E-state index contributed by atoms with van der Waals surface area (Å²) in [7, 11) is 6.00. The van der Waals surface area contributed by atoms with Crippen molar-refractivity contribution in [3.63, 3.8) is 0 Å². The lowest BCUT2D eigenvalue weighted by Crippen LogP contribution is -2.41. The Balaban J connectivity index is 0.000000390. The summed E-state index contributed by atoms with van der Waals surface area (Å²) in [6.45, 7) is 2.19. The lowest BCUT2D eigenvalue weighted by Gasteiger charge is -2.32. The second-order valence-corrected chi connectivity index (χ2v) is 8.60. The highest BCUT2D eigenvalue weighted by Gasteiger charge is 2.32. The number of hydrogen-bond donors (Lipinski definition) is 2. The number of carboxylic acid groups (broad SMARTS) is 2. The molecule has 1 saturated heterocycles. The van der Waals surface area contributed by atoms with Crippen LogP contribution in [0.15, 0.2) is 36.4 Å². The molecule has 1 saturated carbocycles. The highest BCUT2D eigenvalue weighted by atomic mass is 16.4. The second-order valence-electron chi connectivity index (χ2n) is 8.60. The van der Waals surface area contributed by atoms with Crippen molar-refractivity contribution in [3.8, 4) is 0 Å². The van der Waals surface area contributed by atoms with Crippen molar-refractivity contribution >= 4 is 23.5 Å². The first-order valence-corrected chi connectivity index (χ1v) is 11.1. The molecule has 1 heterocycles. The van der Waals surface area contributed by atoms with E-state index in [0.717, 1.165) is 36.8 Å². The largest absolute Gasteiger partial charge is 0.478 e. The van der Waals surface area contributed by atoms with E-state index in [1.807, 2.05) is 50.3 Å². The van der Waals surface area contributed by atoms with Gasteiger partial charge in [-0.1, -0.05) is 19.3 Å². The zero-order chi connectivity index (χ0) is 23.7. The average molecular weight is 446 g/mol. The minimum Gasteiger partial charge on any atom is -0.478 e. The van der Waals surface area contributed by atoms with Crippen LogP contribution >= 0.6 is 0 Å². The van der Waals surface area contributed by atoms with Gasteiger partial charge in [0.05, 0.1) is 0 Å². The third-order valence-electron chi connectivity index (χ3n) is 6.15. The molecule has 1 aromatic carbocycles. The molecule has 1 unspecified atom stereocenters. The number of likely N-dealkylation sites (tertiary alicyclic amines) is 1. The summed E-state index contributed by atoms with van der Waals surface area (Å²) in [6, 6.07) is 9.04. The fourth-order valence-corrected chi connectivity index (χ4v) is 4.28. The topological polar surface area (TPSA) is 101 Å². The summed E-state index contributed by atoms with van der Waals surface area (Å²) in [4.78, 5) is 38.5. The van der Waals surface area contributed by atoms with Gasteiger partial charge in [-0.05, 0) is 43.5 Å². The third kappa shape index (κ3) is 7.67. The lowest BCUT2D eigenvalue weighted by atomic mass is 9.94. The van der Waals surface area contributed by atoms with Crippen LogP contribution in [0.25, 0.3) is 0 Å². The zero-order valence-electron chi connectivity index (χ0n) is 19.2. The highest BCUT2D eigenvalue weighted by Crippen LogP contribution is 2.27. The van der Waals surface area contributed by atoms with Crippen molar-refractivity contribution in [2.75, 3.05) is 39.1 Å². The molecule has 8 heteroatoms. The summed E-state index contributed by atoms with van der Waals surface area (Å²) in [5, 5.41) is 15.6. The SMILES string of the molecule is CN(C)c1ccc(C(=O)N(C)C2CCN(C3CCCCC3)C2)cc1.O=C(O)/C=C/C(=O)O. The maximum Gasteiger partial charge on any atom is 0.328 e. The van der Waals surface area contributed by atoms with E-state index in [4.69, 9.17) is 10.2 Å². The van der Waals surface area contributed by atoms with Gasteiger partial charge >= 0.3 is 11.9 Å². The van der Waals surface area contributed by atoms with Crippen molar-refractivity contribution in [1.82, 2.24) is 9.80 Å². The molecule has 1 amide bonds. The highest BCUT2D eigenvalue weighted by molar-refractivity contribution is 5.94. The van der Waals surface area contributed by atoms with E-state index in [-0.39, 0.29) is 5.91 Å². The van der Waals surface area contributed by atoms with Crippen LogP contribution in [0.2, 0.25) is 0 Å². The molecule has 176 valence electrons. The first-order chi connectivity index (χ1) is 15.2. The van der Waals surface area contributed by atoms with Crippen LogP contribution < -0.4 is 4.90 Å². The van der Waals surface area contributed by atoms with Gasteiger partial charge in [0, 0.05) is 69.7 Å². The molecule has 1 atom stereocenters. The molecule has 0 aromatic heterocycles. The van der Waals surface area contributed by atoms with Gasteiger partial charge in [-0.3, -0.25) is 9.69 Å². The summed E-state index contributed by atoms with van der Waals surface area (Å²) in [5.74, 6) is -2.37. The standard InChI is InChI=1S/C20H31N3O.C4H4O4/c1-21(2)17-11-9-16(10-12-17)20(24)22(3)19-13-14-23(15-19)18-7-5-4-6-8-18;5-3(6)1-2-4(7)8/h9-12,18-19H,4-8,13-15H2,1-3H3;1-2H,(H,5,6)(H,7,8)/b;2-1+. The Morgan fingerprint density at radius 2 is 1.47 bits per heavy atom. The van der Waals surface area contributed by atoms with E-state index >= 15 is 0 Å². The number of carboxylic acids is 2. The second kappa shape index (κ2) is 12.2. The van der Waals surface area contributed by atoms with Gasteiger partial charge < -0.3 is 20.0 Å². The van der Waals surface area contributed by atoms with E-state index in [9.17, 15) is 14.4 Å². The molecule has 8 nitrogen and oxygen atoms in total. The fraction of sp³-hybridized carbons (Fsp3) is 0.542. The van der Waals surface area contributed by atoms with Crippen LogP contribution in [0.4, 0.5) is 5.69 Å². The zero-order valence-corrected chi connectivity index (χ0v) is 19.2. The molecule has 0 bridgehead atoms. The smallest absolute Gasteiger partial charge is 0.328 e. The number of carbonyl (C=O) groups is 3. The van der Waals surface area contributed by atoms with Crippen molar-refractivity contribution in [2.24, 2.45) is 0 Å². The maximum atomic E-state index is 12.8. The molecular weight excluding hydrogens is 410 g/mol. The van der Waals surface area contributed by atoms with Crippen LogP contribution in [-0.4, -0.2) is 84.2 Å². The number of carbonyl (C=O) groups excluding carboxylic acids is 1. The fourth-order valence-electron chi connectivity index (χ4n) is 4.28. The molecule has 1 aliphatic carbocycles. The van der Waals surface area contributed by atoms with Gasteiger partial charge in [0.25, 0.3) is 5.91 Å². The number of nitrogens with zero attached hydrogens (tertiary/aromatic N) is 3. The summed E-state index contributed by atoms with van der Waals surface area (Å²) >= 11 is 0. The first-order valence-electron chi connectivity index (χ1n) is 11.1. The van der Waals surface area contributed by atoms with E-state index in [2.05, 4.69) is 9.80 Å². The summed E-state index contributed by atoms with van der Waals surface area (Å²) in [5.41, 5.74) is 1.91. The van der Waals surface area contributed by atoms with Crippen LogP contribution in [0.3, 0.4) is 0 Å². The van der Waals surface area contributed by atoms with Crippen LogP contribution in [0, 0.1) is 0 Å². The summed E-state index contributed by atoms with van der Waals surface area (Å²) in [6.07, 6.45) is 9.05. The van der Waals surface area contributed by atoms with Gasteiger partial charge in [-0.2, -0.15) is 0 Å². The Morgan fingerprint density at radius 3 is 1.97 bits per heavy atom. The molecule has 2 N–H and O–H groups in total. The normalized spacial score (nSPS) is 19.3. The molecule has 1 aromatic rings. The average Bonchev–Trinajstić information content (AvgIpc) is 3.28. The van der Waals surface area contributed by atoms with Crippen molar-refractivity contribution in [2.45, 2.75) is 50.6 Å². The minimum atomic E-state index is -1.26. The maximum absolute atomic E-state index is 12.8. The number of likely N-dealkylation sites (N-methyl/N-ethyl adjacent to an activating group) is 1. The molecule has 0 spiro atoms. The molecule has 3 rings (SSSR count). The number of anilines is 1. The lowest BCUT2D eigenvalue weighted by molar-refractivity contribution is -0.134. The number of rotatable bonds is 6. The first kappa shape index (κ1) is 25.4. The van der Waals surface area contributed by atoms with Crippen molar-refractivity contribution < 1.29 is 24.6 Å². The van der Waals surface area contributed by atoms with E-state index in [1.54, 1.807) is 0 Å². The molecule has 1 aliphatic heterocycles. The van der Waals surface area contributed by atoms with E-state index in [1.165, 1.54) is 32.1 Å². The predicted octanol–water partition coefficient (Wildman–Crippen LogP) is 2.94. The monoisotopic (exact) mass is 445 g/mol. The van der Waals surface area contributed by atoms with Gasteiger partial charge in [0.2, 0.25) is 0 Å². The number of benzene rings is 1. The molecule has 2 aliphatic rings. The Bertz CT molecular complexity index is 784. The van der Waals surface area contributed by atoms with Crippen molar-refractivity contribution in [3.05, 3.63) is 42.0 Å². The molecule has 2 fully saturated rings. The van der Waals surface area contributed by atoms with E-state index in [0.29, 0.717) is 18.2 Å². The molecule has 0 radical (unpaired) electrons. The Kier molecular flexibility index (Phi) is 9.71. The van der Waals surface area contributed by atoms with Gasteiger partial charge in [-0.15, -0.1) is 0 Å². The van der Waals surface area contributed by atoms with Crippen LogP contribution in [0.5, 0.6) is 0 Å². The van der Waals surface area contributed by atoms with Gasteiger partial charge in [0.1, 0.15) is 0 Å². The van der Waals surface area contributed by atoms with E-state index < -0.39 is 11.9 Å². The Morgan fingerprint density at radius 1 is 0.906 bits per heavy atom. The predicted molar refractivity (Wildman–Crippen MR) is 124 cm³/mol. The summed E-state index contributed by atoms with van der Waals surface area (Å²) < 4.78 is 0. The third-order valence-corrected chi connectivity index (χ3v) is 6.15. The van der Waals surface area contributed by atoms with Crippen LogP contribution in [-0.2, 0) is 9.59 Å². The van der Waals surface area contributed by atoms with Crippen LogP contribution in [0.1, 0.15) is 48.9 Å². The Labute approximate surface area is 190 Å². The molecular formula is C24H35N3O5.